The van der Waals surface area contributed by atoms with Crippen LogP contribution < -0.4 is 5.73 Å². The van der Waals surface area contributed by atoms with Crippen LogP contribution in [0, 0.1) is 0 Å². The van der Waals surface area contributed by atoms with Gasteiger partial charge in [-0.15, -0.1) is 0 Å². The van der Waals surface area contributed by atoms with Crippen molar-refractivity contribution in [2.75, 3.05) is 19.8 Å². The zero-order chi connectivity index (χ0) is 16.5. The Bertz CT molecular complexity index is 389. The molecule has 0 aliphatic heterocycles. The van der Waals surface area contributed by atoms with E-state index in [0.717, 1.165) is 6.92 Å². The molecule has 124 valence electrons. The van der Waals surface area contributed by atoms with E-state index in [1.165, 1.54) is 0 Å². The Morgan fingerprint density at radius 1 is 1.38 bits per heavy atom. The number of nitrogens with two attached hydrogens (primary N) is 1. The number of hydrogen-bond acceptors (Lipinski definition) is 9. The molecular formula is C10H20NO9P. The fraction of sp³-hybridized carbons (Fsp3) is 0.800. The summed E-state index contributed by atoms with van der Waals surface area (Å²) in [6.45, 7) is 1.74. The smallest absolute Gasteiger partial charge is 0.462 e. The Morgan fingerprint density at radius 2 is 2.00 bits per heavy atom. The summed E-state index contributed by atoms with van der Waals surface area (Å²) in [5.74, 6) is -1.41. The lowest BCUT2D eigenvalue weighted by atomic mass is 10.3. The summed E-state index contributed by atoms with van der Waals surface area (Å²) in [7, 11) is -4.58. The second kappa shape index (κ2) is 9.82. The van der Waals surface area contributed by atoms with E-state index >= 15 is 0 Å². The van der Waals surface area contributed by atoms with Crippen molar-refractivity contribution in [3.8, 4) is 0 Å². The molecule has 0 rings (SSSR count). The summed E-state index contributed by atoms with van der Waals surface area (Å²) in [6, 6.07) is 0. The number of aliphatic hydroxyl groups excluding tert-OH is 1. The van der Waals surface area contributed by atoms with Gasteiger partial charge in [0.2, 0.25) is 6.29 Å². The number of ether oxygens (including phenoxy) is 2. The van der Waals surface area contributed by atoms with Gasteiger partial charge in [-0.2, -0.15) is 0 Å². The Balaban J connectivity index is 4.62. The zero-order valence-electron chi connectivity index (χ0n) is 11.8. The van der Waals surface area contributed by atoms with Crippen molar-refractivity contribution in [2.24, 2.45) is 5.73 Å². The quantitative estimate of drug-likeness (QED) is 0.266. The Hall–Kier alpha value is -1.03. The summed E-state index contributed by atoms with van der Waals surface area (Å²) in [6.07, 6.45) is -3.42. The van der Waals surface area contributed by atoms with Crippen molar-refractivity contribution < 1.29 is 42.7 Å². The molecule has 4 N–H and O–H groups in total. The minimum absolute atomic E-state index is 0.0362. The van der Waals surface area contributed by atoms with Gasteiger partial charge in [0.15, 0.2) is 6.10 Å². The van der Waals surface area contributed by atoms with Crippen LogP contribution >= 0.6 is 7.82 Å². The third-order valence-electron chi connectivity index (χ3n) is 1.95. The maximum atomic E-state index is 11.4. The molecular weight excluding hydrogens is 309 g/mol. The predicted octanol–water partition coefficient (Wildman–Crippen LogP) is -0.718. The van der Waals surface area contributed by atoms with Gasteiger partial charge in [-0.05, 0) is 0 Å². The second-order valence-electron chi connectivity index (χ2n) is 3.77. The highest BCUT2D eigenvalue weighted by molar-refractivity contribution is 7.47. The van der Waals surface area contributed by atoms with E-state index in [0.29, 0.717) is 0 Å². The van der Waals surface area contributed by atoms with Crippen LogP contribution in [0.3, 0.4) is 0 Å². The summed E-state index contributed by atoms with van der Waals surface area (Å²) in [5, 5.41) is 9.64. The molecule has 0 saturated carbocycles. The van der Waals surface area contributed by atoms with Crippen molar-refractivity contribution >= 4 is 19.8 Å². The standard InChI is InChI=1S/C10H20NO9P/c1-3-9(13)17-6-8(19-7(2)12)10(14)20-21(15,16)18-5-4-11/h8,10,14H,3-6,11H2,1-2H3,(H,15,16)/t8-,10?/m1/s1. The average molecular weight is 329 g/mol. The van der Waals surface area contributed by atoms with Gasteiger partial charge in [0.05, 0.1) is 6.61 Å². The van der Waals surface area contributed by atoms with Crippen molar-refractivity contribution in [3.05, 3.63) is 0 Å². The third kappa shape index (κ3) is 9.51. The van der Waals surface area contributed by atoms with Crippen LogP contribution in [0.15, 0.2) is 0 Å². The molecule has 0 saturated heterocycles. The number of esters is 2. The van der Waals surface area contributed by atoms with Crippen molar-refractivity contribution in [2.45, 2.75) is 32.7 Å². The van der Waals surface area contributed by atoms with Crippen molar-refractivity contribution in [1.29, 1.82) is 0 Å². The lowest BCUT2D eigenvalue weighted by Gasteiger charge is -2.23. The largest absolute Gasteiger partial charge is 0.474 e. The minimum Gasteiger partial charge on any atom is -0.462 e. The lowest BCUT2D eigenvalue weighted by molar-refractivity contribution is -0.183. The molecule has 21 heavy (non-hydrogen) atoms. The molecule has 0 amide bonds. The first-order valence-electron chi connectivity index (χ1n) is 6.08. The molecule has 0 aromatic rings. The third-order valence-corrected chi connectivity index (χ3v) is 2.94. The Kier molecular flexibility index (Phi) is 9.34. The molecule has 3 atom stereocenters. The van der Waals surface area contributed by atoms with Gasteiger partial charge in [-0.1, -0.05) is 6.92 Å². The number of phosphoric ester groups is 1. The van der Waals surface area contributed by atoms with Crippen LogP contribution in [0.4, 0.5) is 0 Å². The molecule has 0 radical (unpaired) electrons. The fourth-order valence-electron chi connectivity index (χ4n) is 1.07. The molecule has 0 heterocycles. The molecule has 10 nitrogen and oxygen atoms in total. The monoisotopic (exact) mass is 329 g/mol. The maximum Gasteiger partial charge on any atom is 0.474 e. The topological polar surface area (TPSA) is 155 Å². The fourth-order valence-corrected chi connectivity index (χ4v) is 1.87. The normalized spacial score (nSPS) is 16.6. The molecule has 0 aliphatic carbocycles. The van der Waals surface area contributed by atoms with Crippen LogP contribution in [-0.2, 0) is 32.7 Å². The van der Waals surface area contributed by atoms with E-state index in [-0.39, 0.29) is 19.6 Å². The number of carbonyl (C=O) groups is 2. The van der Waals surface area contributed by atoms with E-state index in [9.17, 15) is 24.2 Å². The lowest BCUT2D eigenvalue weighted by Crippen LogP contribution is -2.37. The molecule has 0 aromatic heterocycles. The van der Waals surface area contributed by atoms with E-state index in [4.69, 9.17) is 5.73 Å². The van der Waals surface area contributed by atoms with Gasteiger partial charge >= 0.3 is 19.8 Å². The van der Waals surface area contributed by atoms with Gasteiger partial charge in [-0.3, -0.25) is 18.6 Å². The number of rotatable bonds is 10. The Labute approximate surface area is 121 Å². The predicted molar refractivity (Wildman–Crippen MR) is 68.7 cm³/mol. The summed E-state index contributed by atoms with van der Waals surface area (Å²) < 4.78 is 29.5. The molecule has 2 unspecified atom stereocenters. The minimum atomic E-state index is -4.58. The van der Waals surface area contributed by atoms with E-state index in [1.807, 2.05) is 0 Å². The number of phosphoric acid groups is 1. The van der Waals surface area contributed by atoms with Crippen molar-refractivity contribution in [1.82, 2.24) is 0 Å². The zero-order valence-corrected chi connectivity index (χ0v) is 12.7. The van der Waals surface area contributed by atoms with E-state index < -0.39 is 38.8 Å². The molecule has 0 fully saturated rings. The maximum absolute atomic E-state index is 11.4. The molecule has 0 bridgehead atoms. The van der Waals surface area contributed by atoms with Crippen molar-refractivity contribution in [3.63, 3.8) is 0 Å². The van der Waals surface area contributed by atoms with Crippen LogP contribution in [-0.4, -0.2) is 54.1 Å². The molecule has 0 aromatic carbocycles. The highest BCUT2D eigenvalue weighted by atomic mass is 31.2. The van der Waals surface area contributed by atoms with E-state index in [1.54, 1.807) is 6.92 Å². The van der Waals surface area contributed by atoms with Gasteiger partial charge in [0.25, 0.3) is 0 Å². The first-order chi connectivity index (χ1) is 9.71. The van der Waals surface area contributed by atoms with Gasteiger partial charge in [0.1, 0.15) is 6.61 Å². The summed E-state index contributed by atoms with van der Waals surface area (Å²) in [4.78, 5) is 31.2. The number of aliphatic hydroxyl groups is 1. The highest BCUT2D eigenvalue weighted by Gasteiger charge is 2.33. The summed E-state index contributed by atoms with van der Waals surface area (Å²) >= 11 is 0. The highest BCUT2D eigenvalue weighted by Crippen LogP contribution is 2.44. The van der Waals surface area contributed by atoms with Gasteiger partial charge in [-0.25, -0.2) is 4.57 Å². The van der Waals surface area contributed by atoms with E-state index in [2.05, 4.69) is 18.5 Å². The Morgan fingerprint density at radius 3 is 2.48 bits per heavy atom. The van der Waals surface area contributed by atoms with Crippen LogP contribution in [0.2, 0.25) is 0 Å². The number of hydrogen-bond donors (Lipinski definition) is 3. The molecule has 11 heteroatoms. The van der Waals surface area contributed by atoms with Gasteiger partial charge < -0.3 is 25.2 Å². The van der Waals surface area contributed by atoms with Crippen LogP contribution in [0.25, 0.3) is 0 Å². The SMILES string of the molecule is CCC(=O)OC[C@@H](OC(C)=O)C(O)OP(=O)(O)OCCN. The molecule has 0 aliphatic rings. The second-order valence-corrected chi connectivity index (χ2v) is 5.18. The first kappa shape index (κ1) is 20.0. The van der Waals surface area contributed by atoms with Crippen LogP contribution in [0.1, 0.15) is 20.3 Å². The van der Waals surface area contributed by atoms with Crippen LogP contribution in [0.5, 0.6) is 0 Å². The molecule has 0 spiro atoms. The summed E-state index contributed by atoms with van der Waals surface area (Å²) in [5.41, 5.74) is 5.09. The number of carbonyl (C=O) groups excluding carboxylic acids is 2. The average Bonchev–Trinajstić information content (AvgIpc) is 2.39. The first-order valence-corrected chi connectivity index (χ1v) is 7.58. The van der Waals surface area contributed by atoms with Gasteiger partial charge in [0, 0.05) is 19.9 Å².